The average Bonchev–Trinajstić information content (AvgIpc) is 2.95. The van der Waals surface area contributed by atoms with Crippen molar-refractivity contribution < 1.29 is 18.3 Å². The van der Waals surface area contributed by atoms with Crippen molar-refractivity contribution in [1.29, 1.82) is 0 Å². The van der Waals surface area contributed by atoms with Crippen LogP contribution in [0.15, 0.2) is 46.0 Å². The molecule has 28 heavy (non-hydrogen) atoms. The van der Waals surface area contributed by atoms with E-state index in [0.717, 1.165) is 0 Å². The van der Waals surface area contributed by atoms with Crippen molar-refractivity contribution in [1.82, 2.24) is 10.3 Å². The molecule has 0 aliphatic carbocycles. The fourth-order valence-electron chi connectivity index (χ4n) is 3.03. The van der Waals surface area contributed by atoms with Crippen LogP contribution in [0.25, 0.3) is 0 Å². The topological polar surface area (TPSA) is 58.5 Å². The normalized spacial score (nSPS) is 20.8. The lowest BCUT2D eigenvalue weighted by atomic mass is 9.92. The van der Waals surface area contributed by atoms with Gasteiger partial charge in [0.15, 0.2) is 11.6 Å². The molecule has 2 aliphatic rings. The first-order valence-corrected chi connectivity index (χ1v) is 8.74. The highest BCUT2D eigenvalue weighted by atomic mass is 19.2. The molecule has 0 bridgehead atoms. The van der Waals surface area contributed by atoms with Crippen LogP contribution in [-0.2, 0) is 4.74 Å². The number of halogens is 2. The Labute approximate surface area is 162 Å². The van der Waals surface area contributed by atoms with E-state index in [1.54, 1.807) is 29.3 Å². The summed E-state index contributed by atoms with van der Waals surface area (Å²) in [7, 11) is 6.58. The van der Waals surface area contributed by atoms with Crippen molar-refractivity contribution in [3.63, 3.8) is 0 Å². The summed E-state index contributed by atoms with van der Waals surface area (Å²) in [6, 6.07) is 0.872. The van der Waals surface area contributed by atoms with Gasteiger partial charge in [0.1, 0.15) is 11.6 Å². The first-order chi connectivity index (χ1) is 13.5. The molecule has 0 saturated heterocycles. The Morgan fingerprint density at radius 2 is 2.00 bits per heavy atom. The molecule has 0 amide bonds. The van der Waals surface area contributed by atoms with Gasteiger partial charge in [0.2, 0.25) is 0 Å². The van der Waals surface area contributed by atoms with Crippen molar-refractivity contribution in [3.8, 4) is 5.75 Å². The average molecular weight is 388 g/mol. The maximum Gasteiger partial charge on any atom is 0.259 e. The predicted octanol–water partition coefficient (Wildman–Crippen LogP) is 3.25. The molecule has 1 aromatic carbocycles. The molecule has 2 atom stereocenters. The van der Waals surface area contributed by atoms with Crippen LogP contribution in [0, 0.1) is 11.6 Å². The van der Waals surface area contributed by atoms with Gasteiger partial charge in [-0.2, -0.15) is 5.10 Å². The molecule has 1 N–H and O–H groups in total. The van der Waals surface area contributed by atoms with Crippen LogP contribution in [0.2, 0.25) is 0 Å². The summed E-state index contributed by atoms with van der Waals surface area (Å²) >= 11 is 0. The van der Waals surface area contributed by atoms with Gasteiger partial charge in [-0.15, -0.1) is 0 Å². The minimum absolute atomic E-state index is 0.0703. The number of hydrazone groups is 1. The molecular formula is C20H22F2N4O2. The van der Waals surface area contributed by atoms with E-state index in [0.29, 0.717) is 12.3 Å². The van der Waals surface area contributed by atoms with Gasteiger partial charge < -0.3 is 14.4 Å². The highest BCUT2D eigenvalue weighted by Gasteiger charge is 2.28. The summed E-state index contributed by atoms with van der Waals surface area (Å²) in [5.41, 5.74) is 5.94. The van der Waals surface area contributed by atoms with E-state index in [1.807, 2.05) is 14.1 Å². The third-order valence-electron chi connectivity index (χ3n) is 4.55. The van der Waals surface area contributed by atoms with E-state index >= 15 is 4.39 Å². The third kappa shape index (κ3) is 3.77. The quantitative estimate of drug-likeness (QED) is 0.805. The van der Waals surface area contributed by atoms with E-state index < -0.39 is 23.6 Å². The Hall–Kier alpha value is -3.12. The van der Waals surface area contributed by atoms with Gasteiger partial charge in [-0.3, -0.25) is 5.43 Å². The fourth-order valence-corrected chi connectivity index (χ4v) is 3.03. The maximum absolute atomic E-state index is 15.1. The number of hydrogen-bond donors (Lipinski definition) is 1. The van der Waals surface area contributed by atoms with Crippen LogP contribution in [-0.4, -0.2) is 45.3 Å². The Morgan fingerprint density at radius 3 is 2.61 bits per heavy atom. The molecule has 0 fully saturated rings. The molecule has 0 radical (unpaired) electrons. The molecule has 1 aromatic rings. The Bertz CT molecular complexity index is 915. The standard InChI is InChI=1S/C20H22F2N4O2/c1-26(2)16-7-6-14(24-25-16)18-15(27-3)11-13(19(21)20(18)22)12-5-8-17(28-4)23-10-9-12/h5-7,10-12,14,24H,9H2,1-4H3. The summed E-state index contributed by atoms with van der Waals surface area (Å²) < 4.78 is 40.4. The lowest BCUT2D eigenvalue weighted by Crippen LogP contribution is -2.29. The van der Waals surface area contributed by atoms with E-state index in [1.165, 1.54) is 20.3 Å². The van der Waals surface area contributed by atoms with Crippen LogP contribution < -0.4 is 10.2 Å². The number of benzene rings is 1. The van der Waals surface area contributed by atoms with Gasteiger partial charge in [-0.1, -0.05) is 11.8 Å². The van der Waals surface area contributed by atoms with Gasteiger partial charge in [0, 0.05) is 31.8 Å². The first kappa shape index (κ1) is 19.6. The zero-order chi connectivity index (χ0) is 20.3. The van der Waals surface area contributed by atoms with E-state index in [9.17, 15) is 4.39 Å². The fraction of sp³-hybridized carbons (Fsp3) is 0.350. The second-order valence-corrected chi connectivity index (χ2v) is 6.51. The first-order valence-electron chi connectivity index (χ1n) is 8.74. The molecule has 6 nitrogen and oxygen atoms in total. The lowest BCUT2D eigenvalue weighted by Gasteiger charge is -2.24. The summed E-state index contributed by atoms with van der Waals surface area (Å²) in [6.45, 7) is 0. The van der Waals surface area contributed by atoms with Crippen molar-refractivity contribution >= 4 is 12.1 Å². The number of ether oxygens (including phenoxy) is 2. The Morgan fingerprint density at radius 1 is 1.21 bits per heavy atom. The zero-order valence-corrected chi connectivity index (χ0v) is 16.2. The Balaban J connectivity index is 2.00. The molecule has 0 saturated carbocycles. The Kier molecular flexibility index (Phi) is 5.80. The number of aliphatic imine (C=N–C) groups is 1. The molecule has 2 heterocycles. The van der Waals surface area contributed by atoms with E-state index in [4.69, 9.17) is 9.47 Å². The van der Waals surface area contributed by atoms with Crippen LogP contribution in [0.3, 0.4) is 0 Å². The lowest BCUT2D eigenvalue weighted by molar-refractivity contribution is 0.290. The highest BCUT2D eigenvalue weighted by Crippen LogP contribution is 2.37. The maximum atomic E-state index is 15.1. The zero-order valence-electron chi connectivity index (χ0n) is 16.2. The molecule has 2 aliphatic heterocycles. The van der Waals surface area contributed by atoms with Crippen molar-refractivity contribution in [3.05, 3.63) is 58.7 Å². The molecule has 8 heteroatoms. The number of likely N-dealkylation sites (N-methyl/N-ethyl adjacent to an activating group) is 1. The van der Waals surface area contributed by atoms with Crippen molar-refractivity contribution in [2.24, 2.45) is 10.1 Å². The van der Waals surface area contributed by atoms with Crippen LogP contribution >= 0.6 is 0 Å². The minimum atomic E-state index is -0.967. The SMILES string of the molecule is COC1=C=CC(c2cc(OC)c(C3C=CC(N(C)C)=NN3)c(F)c2F)CC=N1. The van der Waals surface area contributed by atoms with Crippen molar-refractivity contribution in [2.75, 3.05) is 28.3 Å². The molecule has 148 valence electrons. The van der Waals surface area contributed by atoms with Crippen LogP contribution in [0.5, 0.6) is 5.75 Å². The highest BCUT2D eigenvalue weighted by molar-refractivity contribution is 5.93. The molecule has 3 rings (SSSR count). The van der Waals surface area contributed by atoms with Gasteiger partial charge >= 0.3 is 0 Å². The largest absolute Gasteiger partial charge is 0.496 e. The van der Waals surface area contributed by atoms with Crippen molar-refractivity contribution in [2.45, 2.75) is 18.4 Å². The summed E-state index contributed by atoms with van der Waals surface area (Å²) in [4.78, 5) is 5.87. The number of methoxy groups -OCH3 is 2. The number of nitrogens with zero attached hydrogens (tertiary/aromatic N) is 3. The second-order valence-electron chi connectivity index (χ2n) is 6.51. The molecule has 2 unspecified atom stereocenters. The number of rotatable bonds is 4. The van der Waals surface area contributed by atoms with Crippen LogP contribution in [0.4, 0.5) is 8.78 Å². The van der Waals surface area contributed by atoms with Gasteiger partial charge in [-0.25, -0.2) is 13.8 Å². The molecule has 0 spiro atoms. The van der Waals surface area contributed by atoms with Crippen LogP contribution in [0.1, 0.15) is 29.5 Å². The third-order valence-corrected chi connectivity index (χ3v) is 4.55. The number of nitrogens with one attached hydrogen (secondary N) is 1. The summed E-state index contributed by atoms with van der Waals surface area (Å²) in [6.07, 6.45) is 7.06. The smallest absolute Gasteiger partial charge is 0.259 e. The summed E-state index contributed by atoms with van der Waals surface area (Å²) in [5, 5.41) is 4.19. The second kappa shape index (κ2) is 8.27. The van der Waals surface area contributed by atoms with Gasteiger partial charge in [0.05, 0.1) is 25.8 Å². The molecular weight excluding hydrogens is 366 g/mol. The molecule has 0 aromatic heterocycles. The number of amidine groups is 1. The van der Waals surface area contributed by atoms with Gasteiger partial charge in [-0.05, 0) is 24.6 Å². The van der Waals surface area contributed by atoms with E-state index in [2.05, 4.69) is 21.3 Å². The number of allylic oxidation sites excluding steroid dienone is 1. The monoisotopic (exact) mass is 388 g/mol. The predicted molar refractivity (Wildman–Crippen MR) is 104 cm³/mol. The van der Waals surface area contributed by atoms with E-state index in [-0.39, 0.29) is 22.8 Å². The number of hydrogen-bond acceptors (Lipinski definition) is 6. The summed E-state index contributed by atoms with van der Waals surface area (Å²) in [5.74, 6) is -1.13. The minimum Gasteiger partial charge on any atom is -0.496 e. The van der Waals surface area contributed by atoms with Gasteiger partial charge in [0.25, 0.3) is 5.88 Å².